The average molecular weight is 377 g/mol. The highest BCUT2D eigenvalue weighted by molar-refractivity contribution is 7.92. The van der Waals surface area contributed by atoms with Gasteiger partial charge in [-0.3, -0.25) is 9.10 Å². The van der Waals surface area contributed by atoms with E-state index in [0.29, 0.717) is 17.0 Å². The molecule has 0 amide bonds. The van der Waals surface area contributed by atoms with Gasteiger partial charge in [0.1, 0.15) is 12.3 Å². The molecule has 0 unspecified atom stereocenters. The molecule has 0 radical (unpaired) electrons. The van der Waals surface area contributed by atoms with Crippen LogP contribution in [0.5, 0.6) is 5.75 Å². The quantitative estimate of drug-likeness (QED) is 0.694. The highest BCUT2D eigenvalue weighted by Crippen LogP contribution is 2.27. The summed E-state index contributed by atoms with van der Waals surface area (Å²) in [5.74, 6) is -0.0146. The number of rotatable bonds is 7. The first kappa shape index (κ1) is 19.8. The molecule has 0 bridgehead atoms. The summed E-state index contributed by atoms with van der Waals surface area (Å²) in [6.45, 7) is 5.08. The first-order valence-corrected chi connectivity index (χ1v) is 9.63. The zero-order valence-corrected chi connectivity index (χ0v) is 16.2. The number of hydrogen-bond donors (Lipinski definition) is 0. The zero-order valence-electron chi connectivity index (χ0n) is 15.4. The molecule has 6 nitrogen and oxygen atoms in total. The second-order valence-electron chi connectivity index (χ2n) is 5.79. The number of anilines is 1. The number of benzene rings is 2. The van der Waals surface area contributed by atoms with Crippen LogP contribution in [0.15, 0.2) is 47.4 Å². The lowest BCUT2D eigenvalue weighted by Gasteiger charge is -2.24. The number of sulfonamides is 1. The van der Waals surface area contributed by atoms with Gasteiger partial charge in [0, 0.05) is 0 Å². The van der Waals surface area contributed by atoms with Crippen LogP contribution in [-0.2, 0) is 19.6 Å². The molecule has 26 heavy (non-hydrogen) atoms. The van der Waals surface area contributed by atoms with Crippen molar-refractivity contribution in [2.75, 3.05) is 24.6 Å². The third-order valence-electron chi connectivity index (χ3n) is 3.82. The largest absolute Gasteiger partial charge is 0.496 e. The lowest BCUT2D eigenvalue weighted by atomic mass is 10.2. The number of aryl methyl sites for hydroxylation is 2. The molecule has 0 aliphatic rings. The molecule has 2 rings (SSSR count). The fourth-order valence-corrected chi connectivity index (χ4v) is 4.05. The summed E-state index contributed by atoms with van der Waals surface area (Å²) in [7, 11) is -2.43. The van der Waals surface area contributed by atoms with Crippen molar-refractivity contribution in [2.45, 2.75) is 25.7 Å². The zero-order chi connectivity index (χ0) is 19.3. The number of ether oxygens (including phenoxy) is 2. The van der Waals surface area contributed by atoms with Crippen molar-refractivity contribution < 1.29 is 22.7 Å². The summed E-state index contributed by atoms with van der Waals surface area (Å²) in [6, 6.07) is 11.6. The number of esters is 1. The molecular weight excluding hydrogens is 354 g/mol. The lowest BCUT2D eigenvalue weighted by molar-refractivity contribution is -0.141. The summed E-state index contributed by atoms with van der Waals surface area (Å²) in [5, 5.41) is 0. The predicted molar refractivity (Wildman–Crippen MR) is 100 cm³/mol. The second-order valence-corrected chi connectivity index (χ2v) is 7.65. The molecule has 0 heterocycles. The van der Waals surface area contributed by atoms with Crippen LogP contribution in [0.4, 0.5) is 5.69 Å². The molecule has 2 aromatic rings. The maximum Gasteiger partial charge on any atom is 0.326 e. The van der Waals surface area contributed by atoms with Crippen LogP contribution < -0.4 is 9.04 Å². The van der Waals surface area contributed by atoms with Crippen molar-refractivity contribution in [2.24, 2.45) is 0 Å². The minimum atomic E-state index is -3.95. The third-order valence-corrected chi connectivity index (χ3v) is 5.59. The Hall–Kier alpha value is -2.54. The minimum absolute atomic E-state index is 0.0848. The molecule has 140 valence electrons. The van der Waals surface area contributed by atoms with E-state index in [1.54, 1.807) is 38.1 Å². The van der Waals surface area contributed by atoms with E-state index in [2.05, 4.69) is 0 Å². The molecule has 0 spiro atoms. The Morgan fingerprint density at radius 1 is 1.12 bits per heavy atom. The van der Waals surface area contributed by atoms with Crippen molar-refractivity contribution in [1.29, 1.82) is 0 Å². The lowest BCUT2D eigenvalue weighted by Crippen LogP contribution is -2.36. The van der Waals surface area contributed by atoms with Crippen LogP contribution in [0, 0.1) is 13.8 Å². The van der Waals surface area contributed by atoms with E-state index in [1.165, 1.54) is 19.2 Å². The van der Waals surface area contributed by atoms with Crippen molar-refractivity contribution in [3.8, 4) is 5.75 Å². The highest BCUT2D eigenvalue weighted by atomic mass is 32.2. The van der Waals surface area contributed by atoms with Gasteiger partial charge >= 0.3 is 5.97 Å². The van der Waals surface area contributed by atoms with E-state index in [-0.39, 0.29) is 11.5 Å². The molecule has 2 aromatic carbocycles. The number of methoxy groups -OCH3 is 1. The van der Waals surface area contributed by atoms with Crippen LogP contribution >= 0.6 is 0 Å². The molecule has 0 aliphatic heterocycles. The highest BCUT2D eigenvalue weighted by Gasteiger charge is 2.28. The van der Waals surface area contributed by atoms with E-state index < -0.39 is 22.5 Å². The molecule has 0 atom stereocenters. The predicted octanol–water partition coefficient (Wildman–Crippen LogP) is 3.07. The van der Waals surface area contributed by atoms with E-state index >= 15 is 0 Å². The monoisotopic (exact) mass is 377 g/mol. The van der Waals surface area contributed by atoms with Gasteiger partial charge in [-0.15, -0.1) is 0 Å². The Morgan fingerprint density at radius 2 is 1.85 bits per heavy atom. The third kappa shape index (κ3) is 4.35. The van der Waals surface area contributed by atoms with Gasteiger partial charge in [0.2, 0.25) is 0 Å². The van der Waals surface area contributed by atoms with Gasteiger partial charge in [0.25, 0.3) is 10.0 Å². The fraction of sp³-hybridized carbons (Fsp3) is 0.316. The van der Waals surface area contributed by atoms with E-state index in [0.717, 1.165) is 9.87 Å². The van der Waals surface area contributed by atoms with Crippen LogP contribution in [0.2, 0.25) is 0 Å². The van der Waals surface area contributed by atoms with E-state index in [1.807, 2.05) is 13.0 Å². The number of hydrogen-bond acceptors (Lipinski definition) is 5. The summed E-state index contributed by atoms with van der Waals surface area (Å²) < 4.78 is 37.6. The maximum absolute atomic E-state index is 13.2. The molecule has 0 saturated heterocycles. The van der Waals surface area contributed by atoms with Gasteiger partial charge in [-0.05, 0) is 62.2 Å². The van der Waals surface area contributed by atoms with Crippen LogP contribution in [0.1, 0.15) is 18.1 Å². The van der Waals surface area contributed by atoms with Gasteiger partial charge in [-0.2, -0.15) is 0 Å². The van der Waals surface area contributed by atoms with Gasteiger partial charge in [0.05, 0.1) is 24.3 Å². The van der Waals surface area contributed by atoms with Crippen molar-refractivity contribution in [1.82, 2.24) is 0 Å². The normalized spacial score (nSPS) is 11.1. The van der Waals surface area contributed by atoms with Gasteiger partial charge in [-0.1, -0.05) is 12.1 Å². The molecule has 0 aromatic heterocycles. The molecule has 0 aliphatic carbocycles. The molecule has 0 saturated carbocycles. The smallest absolute Gasteiger partial charge is 0.326 e. The Bertz CT molecular complexity index is 893. The van der Waals surface area contributed by atoms with Crippen molar-refractivity contribution >= 4 is 21.7 Å². The maximum atomic E-state index is 13.2. The molecule has 0 fully saturated rings. The molecule has 0 N–H and O–H groups in total. The van der Waals surface area contributed by atoms with Gasteiger partial charge < -0.3 is 9.47 Å². The SMILES string of the molecule is CCOC(=O)CN(c1cccc(C)c1)S(=O)(=O)c1ccc(OC)c(C)c1. The summed E-state index contributed by atoms with van der Waals surface area (Å²) in [5.41, 5.74) is 1.98. The number of carbonyl (C=O) groups is 1. The Balaban J connectivity index is 2.52. The van der Waals surface area contributed by atoms with Crippen LogP contribution in [0.25, 0.3) is 0 Å². The summed E-state index contributed by atoms with van der Waals surface area (Å²) >= 11 is 0. The summed E-state index contributed by atoms with van der Waals surface area (Å²) in [4.78, 5) is 12.1. The molecular formula is C19H23NO5S. The van der Waals surface area contributed by atoms with Crippen LogP contribution in [-0.4, -0.2) is 34.6 Å². The van der Waals surface area contributed by atoms with Gasteiger partial charge in [0.15, 0.2) is 0 Å². The number of carbonyl (C=O) groups excluding carboxylic acids is 1. The summed E-state index contributed by atoms with van der Waals surface area (Å²) in [6.07, 6.45) is 0. The Kier molecular flexibility index (Phi) is 6.26. The minimum Gasteiger partial charge on any atom is -0.496 e. The van der Waals surface area contributed by atoms with Crippen LogP contribution in [0.3, 0.4) is 0 Å². The number of nitrogens with zero attached hydrogens (tertiary/aromatic N) is 1. The van der Waals surface area contributed by atoms with E-state index in [9.17, 15) is 13.2 Å². The first-order valence-electron chi connectivity index (χ1n) is 8.19. The molecule has 7 heteroatoms. The van der Waals surface area contributed by atoms with Crippen molar-refractivity contribution in [3.05, 3.63) is 53.6 Å². The van der Waals surface area contributed by atoms with Gasteiger partial charge in [-0.25, -0.2) is 8.42 Å². The first-order chi connectivity index (χ1) is 12.3. The standard InChI is InChI=1S/C19H23NO5S/c1-5-25-19(21)13-20(16-8-6-7-14(2)11-16)26(22,23)17-9-10-18(24-4)15(3)12-17/h6-12H,5,13H2,1-4H3. The Labute approximate surface area is 154 Å². The average Bonchev–Trinajstić information content (AvgIpc) is 2.59. The second kappa shape index (κ2) is 8.23. The topological polar surface area (TPSA) is 72.9 Å². The van der Waals surface area contributed by atoms with Crippen molar-refractivity contribution in [3.63, 3.8) is 0 Å². The van der Waals surface area contributed by atoms with E-state index in [4.69, 9.17) is 9.47 Å². The fourth-order valence-electron chi connectivity index (χ4n) is 2.56. The Morgan fingerprint density at radius 3 is 2.42 bits per heavy atom.